The summed E-state index contributed by atoms with van der Waals surface area (Å²) in [4.78, 5) is 15.5. The van der Waals surface area contributed by atoms with Crippen LogP contribution in [0.3, 0.4) is 0 Å². The molecule has 1 amide bonds. The third kappa shape index (κ3) is 4.59. The molecule has 0 aromatic heterocycles. The van der Waals surface area contributed by atoms with Gasteiger partial charge in [0.2, 0.25) is 5.91 Å². The van der Waals surface area contributed by atoms with Crippen molar-refractivity contribution in [2.24, 2.45) is 0 Å². The number of nitrogens with zero attached hydrogens (tertiary/aromatic N) is 2. The number of sulfonamides is 1. The van der Waals surface area contributed by atoms with Crippen molar-refractivity contribution in [1.29, 1.82) is 0 Å². The number of benzene rings is 2. The Kier molecular flexibility index (Phi) is 6.13. The van der Waals surface area contributed by atoms with Crippen LogP contribution >= 0.6 is 0 Å². The summed E-state index contributed by atoms with van der Waals surface area (Å²) in [6.07, 6.45) is 1.44. The largest absolute Gasteiger partial charge is 0.372 e. The Morgan fingerprint density at radius 1 is 1.09 bits per heavy atom. The molecule has 2 aliphatic heterocycles. The molecule has 4 rings (SSSR count). The van der Waals surface area contributed by atoms with E-state index >= 15 is 0 Å². The van der Waals surface area contributed by atoms with Crippen molar-refractivity contribution in [2.75, 3.05) is 34.2 Å². The van der Waals surface area contributed by atoms with E-state index in [2.05, 4.69) is 4.72 Å². The minimum atomic E-state index is -3.91. The van der Waals surface area contributed by atoms with Crippen LogP contribution in [-0.4, -0.2) is 46.2 Å². The number of morpholine rings is 1. The van der Waals surface area contributed by atoms with Gasteiger partial charge in [0.1, 0.15) is 5.82 Å². The summed E-state index contributed by atoms with van der Waals surface area (Å²) in [5, 5.41) is 0. The lowest BCUT2D eigenvalue weighted by molar-refractivity contribution is -0.116. The third-order valence-corrected chi connectivity index (χ3v) is 7.20. The Balaban J connectivity index is 1.55. The highest BCUT2D eigenvalue weighted by Gasteiger charge is 2.26. The van der Waals surface area contributed by atoms with E-state index in [9.17, 15) is 17.6 Å². The van der Waals surface area contributed by atoms with Gasteiger partial charge >= 0.3 is 0 Å². The number of rotatable bonds is 4. The van der Waals surface area contributed by atoms with Gasteiger partial charge in [0.25, 0.3) is 10.0 Å². The summed E-state index contributed by atoms with van der Waals surface area (Å²) in [7, 11) is -3.91. The Bertz CT molecular complexity index is 1130. The zero-order valence-corrected chi connectivity index (χ0v) is 19.3. The van der Waals surface area contributed by atoms with Crippen molar-refractivity contribution >= 4 is 33.0 Å². The van der Waals surface area contributed by atoms with Crippen LogP contribution in [0.1, 0.15) is 32.8 Å². The summed E-state index contributed by atoms with van der Waals surface area (Å²) in [5.41, 5.74) is 2.13. The molecule has 2 aliphatic rings. The van der Waals surface area contributed by atoms with Gasteiger partial charge < -0.3 is 14.5 Å². The molecule has 2 atom stereocenters. The molecule has 32 heavy (non-hydrogen) atoms. The molecule has 172 valence electrons. The van der Waals surface area contributed by atoms with Gasteiger partial charge in [-0.05, 0) is 62.6 Å². The zero-order chi connectivity index (χ0) is 23.0. The van der Waals surface area contributed by atoms with Gasteiger partial charge in [-0.25, -0.2) is 12.8 Å². The van der Waals surface area contributed by atoms with Crippen LogP contribution in [0.2, 0.25) is 0 Å². The molecule has 1 saturated heterocycles. The molecule has 0 spiro atoms. The maximum atomic E-state index is 14.9. The standard InChI is InChI=1S/C23H28FN3O4S/c1-15-13-26(14-16(2)31-15)23-8-6-19(12-21(23)24)25-32(29,30)20-7-9-22-18(11-20)5-4-10-27(22)17(3)28/h6-9,11-12,15-16,25H,4-5,10,13-14H2,1-3H3. The second-order valence-electron chi connectivity index (χ2n) is 8.50. The fourth-order valence-electron chi connectivity index (χ4n) is 4.48. The van der Waals surface area contributed by atoms with Crippen LogP contribution in [0, 0.1) is 5.82 Å². The second-order valence-corrected chi connectivity index (χ2v) is 10.2. The number of carbonyl (C=O) groups is 1. The van der Waals surface area contributed by atoms with Gasteiger partial charge in [-0.2, -0.15) is 0 Å². The van der Waals surface area contributed by atoms with Crippen molar-refractivity contribution in [3.05, 3.63) is 47.8 Å². The predicted octanol–water partition coefficient (Wildman–Crippen LogP) is 3.54. The highest BCUT2D eigenvalue weighted by atomic mass is 32.2. The quantitative estimate of drug-likeness (QED) is 0.754. The van der Waals surface area contributed by atoms with Crippen molar-refractivity contribution in [1.82, 2.24) is 0 Å². The number of halogens is 1. The lowest BCUT2D eigenvalue weighted by Crippen LogP contribution is -2.45. The molecule has 1 N–H and O–H groups in total. The van der Waals surface area contributed by atoms with E-state index in [1.807, 2.05) is 18.7 Å². The van der Waals surface area contributed by atoms with Gasteiger partial charge in [-0.1, -0.05) is 0 Å². The molecule has 0 aliphatic carbocycles. The van der Waals surface area contributed by atoms with Gasteiger partial charge in [0, 0.05) is 38.3 Å². The smallest absolute Gasteiger partial charge is 0.261 e. The van der Waals surface area contributed by atoms with Gasteiger partial charge in [0.15, 0.2) is 0 Å². The summed E-state index contributed by atoms with van der Waals surface area (Å²) < 4.78 is 48.9. The van der Waals surface area contributed by atoms with E-state index in [-0.39, 0.29) is 28.7 Å². The number of nitrogens with one attached hydrogen (secondary N) is 1. The second kappa shape index (κ2) is 8.71. The lowest BCUT2D eigenvalue weighted by Gasteiger charge is -2.37. The lowest BCUT2D eigenvalue weighted by atomic mass is 10.0. The molecule has 0 saturated carbocycles. The Morgan fingerprint density at radius 2 is 1.78 bits per heavy atom. The van der Waals surface area contributed by atoms with Gasteiger partial charge in [-0.15, -0.1) is 0 Å². The molecule has 2 heterocycles. The summed E-state index contributed by atoms with van der Waals surface area (Å²) >= 11 is 0. The van der Waals surface area contributed by atoms with E-state index in [0.717, 1.165) is 17.7 Å². The maximum Gasteiger partial charge on any atom is 0.261 e. The molecule has 1 fully saturated rings. The average molecular weight is 462 g/mol. The molecule has 0 radical (unpaired) electrons. The number of anilines is 3. The summed E-state index contributed by atoms with van der Waals surface area (Å²) in [5.74, 6) is -0.562. The van der Waals surface area contributed by atoms with Crippen molar-refractivity contribution in [2.45, 2.75) is 50.7 Å². The molecular weight excluding hydrogens is 433 g/mol. The Labute approximate surface area is 188 Å². The van der Waals surface area contributed by atoms with Crippen LogP contribution in [0.15, 0.2) is 41.3 Å². The first kappa shape index (κ1) is 22.5. The first-order valence-electron chi connectivity index (χ1n) is 10.8. The van der Waals surface area contributed by atoms with E-state index in [4.69, 9.17) is 4.74 Å². The Morgan fingerprint density at radius 3 is 2.44 bits per heavy atom. The van der Waals surface area contributed by atoms with Gasteiger partial charge in [0.05, 0.1) is 28.5 Å². The van der Waals surface area contributed by atoms with Crippen LogP contribution in [-0.2, 0) is 26.0 Å². The van der Waals surface area contributed by atoms with E-state index in [0.29, 0.717) is 31.7 Å². The highest BCUT2D eigenvalue weighted by Crippen LogP contribution is 2.31. The van der Waals surface area contributed by atoms with E-state index in [1.54, 1.807) is 29.2 Å². The van der Waals surface area contributed by atoms with Gasteiger partial charge in [-0.3, -0.25) is 9.52 Å². The minimum absolute atomic E-state index is 0.0146. The normalized spacial score (nSPS) is 21.2. The summed E-state index contributed by atoms with van der Waals surface area (Å²) in [6.45, 7) is 7.14. The highest BCUT2D eigenvalue weighted by molar-refractivity contribution is 7.92. The number of hydrogen-bond donors (Lipinski definition) is 1. The minimum Gasteiger partial charge on any atom is -0.372 e. The molecule has 9 heteroatoms. The van der Waals surface area contributed by atoms with Crippen molar-refractivity contribution in [3.8, 4) is 0 Å². The topological polar surface area (TPSA) is 79.0 Å². The number of aryl methyl sites for hydroxylation is 1. The fraction of sp³-hybridized carbons (Fsp3) is 0.435. The van der Waals surface area contributed by atoms with E-state index < -0.39 is 15.8 Å². The average Bonchev–Trinajstić information content (AvgIpc) is 2.71. The first-order valence-corrected chi connectivity index (χ1v) is 12.3. The van der Waals surface area contributed by atoms with Crippen LogP contribution < -0.4 is 14.5 Å². The van der Waals surface area contributed by atoms with Crippen LogP contribution in [0.25, 0.3) is 0 Å². The molecule has 2 unspecified atom stereocenters. The first-order chi connectivity index (χ1) is 15.1. The SMILES string of the molecule is CC(=O)N1CCCc2cc(S(=O)(=O)Nc3ccc(N4CC(C)OC(C)C4)c(F)c3)ccc21. The van der Waals surface area contributed by atoms with Crippen molar-refractivity contribution in [3.63, 3.8) is 0 Å². The zero-order valence-electron chi connectivity index (χ0n) is 18.5. The van der Waals surface area contributed by atoms with Crippen LogP contribution in [0.4, 0.5) is 21.5 Å². The van der Waals surface area contributed by atoms with Crippen molar-refractivity contribution < 1.29 is 22.3 Å². The number of carbonyl (C=O) groups excluding carboxylic acids is 1. The number of ether oxygens (including phenoxy) is 1. The maximum absolute atomic E-state index is 14.9. The number of fused-ring (bicyclic) bond motifs is 1. The molecular formula is C23H28FN3O4S. The monoisotopic (exact) mass is 461 g/mol. The number of amides is 1. The number of hydrogen-bond acceptors (Lipinski definition) is 5. The van der Waals surface area contributed by atoms with Crippen LogP contribution in [0.5, 0.6) is 0 Å². The predicted molar refractivity (Wildman–Crippen MR) is 122 cm³/mol. The van der Waals surface area contributed by atoms with E-state index in [1.165, 1.54) is 19.1 Å². The molecule has 0 bridgehead atoms. The molecule has 2 aromatic rings. The fourth-order valence-corrected chi connectivity index (χ4v) is 5.58. The molecule has 2 aromatic carbocycles. The Hall–Kier alpha value is -2.65. The summed E-state index contributed by atoms with van der Waals surface area (Å²) in [6, 6.07) is 9.09. The third-order valence-electron chi connectivity index (χ3n) is 5.82. The molecule has 7 nitrogen and oxygen atoms in total.